The summed E-state index contributed by atoms with van der Waals surface area (Å²) in [7, 11) is -1.51. The van der Waals surface area contributed by atoms with Crippen LogP contribution in [-0.2, 0) is 0 Å². The maximum atomic E-state index is 9.63. The van der Waals surface area contributed by atoms with Crippen LogP contribution in [0.4, 0.5) is 0 Å². The van der Waals surface area contributed by atoms with Gasteiger partial charge in [0, 0.05) is 27.7 Å². The molecule has 0 fully saturated rings. The van der Waals surface area contributed by atoms with Crippen molar-refractivity contribution in [3.63, 3.8) is 0 Å². The average molecular weight is 479 g/mol. The number of nitrogens with zero attached hydrogens (tertiary/aromatic N) is 3. The molecule has 6 heteroatoms. The Labute approximate surface area is 213 Å². The third-order valence-electron chi connectivity index (χ3n) is 6.96. The monoisotopic (exact) mass is 479 g/mol. The smallest absolute Gasteiger partial charge is 0.423 e. The van der Waals surface area contributed by atoms with Crippen LogP contribution in [0.1, 0.15) is 0 Å². The van der Waals surface area contributed by atoms with E-state index >= 15 is 0 Å². The van der Waals surface area contributed by atoms with Crippen LogP contribution in [-0.4, -0.2) is 31.3 Å². The summed E-state index contributed by atoms with van der Waals surface area (Å²) in [6.45, 7) is 0. The van der Waals surface area contributed by atoms with Crippen LogP contribution < -0.4 is 5.46 Å². The Balaban J connectivity index is 1.60. The van der Waals surface area contributed by atoms with Crippen LogP contribution in [0, 0.1) is 0 Å². The zero-order valence-electron chi connectivity index (χ0n) is 19.9. The van der Waals surface area contributed by atoms with Gasteiger partial charge in [-0.1, -0.05) is 72.8 Å². The number of hydrogen-bond donors (Lipinski definition) is 2. The Kier molecular flexibility index (Phi) is 4.96. The zero-order chi connectivity index (χ0) is 24.9. The number of fused-ring (bicyclic) bond motifs is 4. The maximum Gasteiger partial charge on any atom is 0.488 e. The lowest BCUT2D eigenvalue weighted by molar-refractivity contribution is 0.426. The normalized spacial score (nSPS) is 11.5. The van der Waals surface area contributed by atoms with Crippen molar-refractivity contribution in [3.05, 3.63) is 121 Å². The van der Waals surface area contributed by atoms with E-state index in [1.807, 2.05) is 54.6 Å². The lowest BCUT2D eigenvalue weighted by Gasteiger charge is -2.14. The minimum Gasteiger partial charge on any atom is -0.423 e. The molecule has 2 heterocycles. The van der Waals surface area contributed by atoms with E-state index in [0.717, 1.165) is 55.6 Å². The number of rotatable bonds is 4. The SMILES string of the molecule is OB(O)c1ccc(-n2c3ccccc3c3cccc(-c4nc5ccccc5n4-c4ccccc4)c32)cc1. The van der Waals surface area contributed by atoms with Gasteiger partial charge in [0.2, 0.25) is 0 Å². The van der Waals surface area contributed by atoms with Crippen molar-refractivity contribution < 1.29 is 10.0 Å². The van der Waals surface area contributed by atoms with E-state index in [4.69, 9.17) is 4.98 Å². The summed E-state index contributed by atoms with van der Waals surface area (Å²) in [6, 6.07) is 40.6. The van der Waals surface area contributed by atoms with Crippen LogP contribution in [0.5, 0.6) is 0 Å². The highest BCUT2D eigenvalue weighted by Crippen LogP contribution is 2.39. The van der Waals surface area contributed by atoms with Crippen LogP contribution in [0.15, 0.2) is 121 Å². The van der Waals surface area contributed by atoms with Crippen molar-refractivity contribution in [1.29, 1.82) is 0 Å². The standard InChI is InChI=1S/C31H22BN3O2/c36-32(37)21-17-19-23(20-18-21)34-28-15-6-4-11-24(28)25-12-8-13-26(30(25)34)31-33-27-14-5-7-16-29(27)35(31)22-9-2-1-3-10-22/h1-20,36-37H. The fraction of sp³-hybridized carbons (Fsp3) is 0. The van der Waals surface area contributed by atoms with Crippen LogP contribution >= 0.6 is 0 Å². The van der Waals surface area contributed by atoms with Gasteiger partial charge in [0.25, 0.3) is 0 Å². The van der Waals surface area contributed by atoms with Gasteiger partial charge in [0.05, 0.1) is 22.1 Å². The summed E-state index contributed by atoms with van der Waals surface area (Å²) >= 11 is 0. The second kappa shape index (κ2) is 8.48. The molecule has 0 atom stereocenters. The summed E-state index contributed by atoms with van der Waals surface area (Å²) in [4.78, 5) is 5.14. The maximum absolute atomic E-state index is 9.63. The Morgan fingerprint density at radius 1 is 0.541 bits per heavy atom. The first-order valence-corrected chi connectivity index (χ1v) is 12.2. The molecule has 7 aromatic rings. The fourth-order valence-corrected chi connectivity index (χ4v) is 5.31. The second-order valence-electron chi connectivity index (χ2n) is 9.11. The molecule has 0 aliphatic carbocycles. The quantitative estimate of drug-likeness (QED) is 0.329. The highest BCUT2D eigenvalue weighted by atomic mass is 16.4. The van der Waals surface area contributed by atoms with Gasteiger partial charge < -0.3 is 14.6 Å². The predicted octanol–water partition coefficient (Wildman–Crippen LogP) is 5.47. The molecule has 0 spiro atoms. The molecule has 0 unspecified atom stereocenters. The average Bonchev–Trinajstić information content (AvgIpc) is 3.50. The molecule has 176 valence electrons. The van der Waals surface area contributed by atoms with Crippen LogP contribution in [0.3, 0.4) is 0 Å². The number of imidazole rings is 1. The van der Waals surface area contributed by atoms with Crippen molar-refractivity contribution in [2.24, 2.45) is 0 Å². The molecule has 0 amide bonds. The molecule has 7 rings (SSSR count). The molecule has 0 bridgehead atoms. The van der Waals surface area contributed by atoms with Gasteiger partial charge in [0.15, 0.2) is 0 Å². The molecular weight excluding hydrogens is 457 g/mol. The first kappa shape index (κ1) is 21.6. The molecular formula is C31H22BN3O2. The summed E-state index contributed by atoms with van der Waals surface area (Å²) in [6.07, 6.45) is 0. The summed E-state index contributed by atoms with van der Waals surface area (Å²) in [5, 5.41) is 21.5. The van der Waals surface area contributed by atoms with E-state index < -0.39 is 7.12 Å². The second-order valence-corrected chi connectivity index (χ2v) is 9.11. The summed E-state index contributed by atoms with van der Waals surface area (Å²) in [5.41, 5.74) is 7.55. The highest BCUT2D eigenvalue weighted by Gasteiger charge is 2.21. The van der Waals surface area contributed by atoms with Gasteiger partial charge in [0.1, 0.15) is 5.82 Å². The van der Waals surface area contributed by atoms with Crippen molar-refractivity contribution in [2.75, 3.05) is 0 Å². The van der Waals surface area contributed by atoms with Crippen LogP contribution in [0.25, 0.3) is 55.6 Å². The van der Waals surface area contributed by atoms with Crippen molar-refractivity contribution in [1.82, 2.24) is 14.1 Å². The molecule has 0 saturated heterocycles. The number of aromatic nitrogens is 3. The van der Waals surface area contributed by atoms with E-state index in [1.54, 1.807) is 12.1 Å². The minimum atomic E-state index is -1.51. The van der Waals surface area contributed by atoms with Gasteiger partial charge in [-0.3, -0.25) is 4.57 Å². The predicted molar refractivity (Wildman–Crippen MR) is 151 cm³/mol. The van der Waals surface area contributed by atoms with Gasteiger partial charge >= 0.3 is 7.12 Å². The Bertz CT molecular complexity index is 1900. The van der Waals surface area contributed by atoms with Gasteiger partial charge in [-0.25, -0.2) is 4.98 Å². The molecule has 0 radical (unpaired) electrons. The van der Waals surface area contributed by atoms with E-state index in [-0.39, 0.29) is 0 Å². The first-order valence-electron chi connectivity index (χ1n) is 12.2. The highest BCUT2D eigenvalue weighted by molar-refractivity contribution is 6.58. The largest absolute Gasteiger partial charge is 0.488 e. The van der Waals surface area contributed by atoms with E-state index in [0.29, 0.717) is 5.46 Å². The van der Waals surface area contributed by atoms with E-state index in [1.165, 1.54) is 0 Å². The molecule has 5 nitrogen and oxygen atoms in total. The van der Waals surface area contributed by atoms with Crippen molar-refractivity contribution in [3.8, 4) is 22.8 Å². The Hall–Kier alpha value is -4.65. The van der Waals surface area contributed by atoms with Gasteiger partial charge in [-0.15, -0.1) is 0 Å². The third kappa shape index (κ3) is 3.38. The van der Waals surface area contributed by atoms with E-state index in [9.17, 15) is 10.0 Å². The van der Waals surface area contributed by atoms with Gasteiger partial charge in [-0.2, -0.15) is 0 Å². The lowest BCUT2D eigenvalue weighted by Crippen LogP contribution is -2.29. The molecule has 0 saturated carbocycles. The number of benzene rings is 5. The molecule has 37 heavy (non-hydrogen) atoms. The number of para-hydroxylation sites is 5. The Morgan fingerprint density at radius 3 is 1.97 bits per heavy atom. The summed E-state index contributed by atoms with van der Waals surface area (Å²) < 4.78 is 4.46. The first-order chi connectivity index (χ1) is 18.2. The summed E-state index contributed by atoms with van der Waals surface area (Å²) in [5.74, 6) is 0.865. The molecule has 5 aromatic carbocycles. The molecule has 0 aliphatic rings. The lowest BCUT2D eigenvalue weighted by atomic mass is 9.80. The third-order valence-corrected chi connectivity index (χ3v) is 6.96. The minimum absolute atomic E-state index is 0.454. The fourth-order valence-electron chi connectivity index (χ4n) is 5.31. The van der Waals surface area contributed by atoms with E-state index in [2.05, 4.69) is 63.7 Å². The Morgan fingerprint density at radius 2 is 1.19 bits per heavy atom. The van der Waals surface area contributed by atoms with Crippen molar-refractivity contribution >= 4 is 45.4 Å². The number of hydrogen-bond acceptors (Lipinski definition) is 3. The van der Waals surface area contributed by atoms with Gasteiger partial charge in [-0.05, 0) is 54.0 Å². The van der Waals surface area contributed by atoms with Crippen molar-refractivity contribution in [2.45, 2.75) is 0 Å². The topological polar surface area (TPSA) is 63.2 Å². The van der Waals surface area contributed by atoms with Crippen LogP contribution in [0.2, 0.25) is 0 Å². The zero-order valence-corrected chi connectivity index (χ0v) is 19.9. The molecule has 0 aliphatic heterocycles. The molecule has 2 aromatic heterocycles. The molecule has 2 N–H and O–H groups in total.